The van der Waals surface area contributed by atoms with Crippen LogP contribution in [-0.2, 0) is 10.0 Å². The van der Waals surface area contributed by atoms with Gasteiger partial charge < -0.3 is 9.64 Å². The molecule has 0 spiro atoms. The van der Waals surface area contributed by atoms with E-state index in [-0.39, 0.29) is 28.9 Å². The molecule has 1 aromatic heterocycles. The van der Waals surface area contributed by atoms with E-state index in [2.05, 4.69) is 4.98 Å². The first-order valence-electron chi connectivity index (χ1n) is 10.3. The van der Waals surface area contributed by atoms with Crippen molar-refractivity contribution in [3.63, 3.8) is 0 Å². The number of carbonyl (C=O) groups excluding carboxylic acids is 1. The van der Waals surface area contributed by atoms with Gasteiger partial charge in [0.25, 0.3) is 5.91 Å². The number of hydrogen-bond donors (Lipinski definition) is 0. The maximum Gasteiger partial charge on any atom is 0.253 e. The van der Waals surface area contributed by atoms with E-state index in [0.717, 1.165) is 0 Å². The molecule has 2 aliphatic rings. The summed E-state index contributed by atoms with van der Waals surface area (Å²) in [6, 6.07) is 9.93. The summed E-state index contributed by atoms with van der Waals surface area (Å²) >= 11 is 0. The summed E-state index contributed by atoms with van der Waals surface area (Å²) in [7, 11) is -3.69. The highest BCUT2D eigenvalue weighted by Gasteiger charge is 2.43. The number of hydrogen-bond acceptors (Lipinski definition) is 5. The molecule has 1 saturated heterocycles. The van der Waals surface area contributed by atoms with E-state index >= 15 is 0 Å². The second-order valence-electron chi connectivity index (χ2n) is 8.24. The van der Waals surface area contributed by atoms with Gasteiger partial charge in [-0.2, -0.15) is 4.31 Å². The molecule has 1 aromatic carbocycles. The van der Waals surface area contributed by atoms with Crippen LogP contribution in [0.15, 0.2) is 53.7 Å². The van der Waals surface area contributed by atoms with Crippen molar-refractivity contribution in [2.24, 2.45) is 5.92 Å². The Morgan fingerprint density at radius 3 is 2.57 bits per heavy atom. The maximum absolute atomic E-state index is 13.5. The molecule has 1 amide bonds. The van der Waals surface area contributed by atoms with Crippen LogP contribution in [0.25, 0.3) is 0 Å². The number of aromatic nitrogens is 1. The fourth-order valence-corrected chi connectivity index (χ4v) is 6.20. The number of nitrogens with zero attached hydrogens (tertiary/aromatic N) is 3. The Hall–Kier alpha value is -2.45. The molecule has 8 heteroatoms. The molecule has 1 fully saturated rings. The van der Waals surface area contributed by atoms with Gasteiger partial charge >= 0.3 is 0 Å². The standard InChI is InChI=1S/C22H27N3O4S/c1-16(2)15-25-18-9-13-24(22(26)17-7-11-23-12-8-17)14-10-19(18)29-20-5-3-4-6-21(20)30(25,27)28/h3-8,11-12,16,18-19H,9-10,13-15H2,1-2H3/t18-,19-/m1/s1. The summed E-state index contributed by atoms with van der Waals surface area (Å²) in [4.78, 5) is 18.9. The zero-order valence-corrected chi connectivity index (χ0v) is 18.1. The lowest BCUT2D eigenvalue weighted by Gasteiger charge is -2.32. The van der Waals surface area contributed by atoms with Crippen LogP contribution >= 0.6 is 0 Å². The Morgan fingerprint density at radius 2 is 1.83 bits per heavy atom. The third-order valence-electron chi connectivity index (χ3n) is 5.65. The highest BCUT2D eigenvalue weighted by Crippen LogP contribution is 2.36. The van der Waals surface area contributed by atoms with Crippen molar-refractivity contribution in [2.75, 3.05) is 19.6 Å². The number of benzene rings is 1. The minimum atomic E-state index is -3.69. The van der Waals surface area contributed by atoms with Crippen molar-refractivity contribution in [2.45, 2.75) is 43.7 Å². The lowest BCUT2D eigenvalue weighted by atomic mass is 10.0. The average Bonchev–Trinajstić information content (AvgIpc) is 2.98. The molecule has 2 aromatic rings. The second-order valence-corrected chi connectivity index (χ2v) is 10.1. The molecule has 3 heterocycles. The molecule has 4 rings (SSSR count). The highest BCUT2D eigenvalue weighted by atomic mass is 32.2. The first-order chi connectivity index (χ1) is 14.4. The number of fused-ring (bicyclic) bond motifs is 2. The molecule has 0 radical (unpaired) electrons. The molecule has 0 N–H and O–H groups in total. The van der Waals surface area contributed by atoms with E-state index in [0.29, 0.717) is 43.8 Å². The molecule has 0 saturated carbocycles. The van der Waals surface area contributed by atoms with Gasteiger partial charge in [0.2, 0.25) is 10.0 Å². The topological polar surface area (TPSA) is 79.8 Å². The molecule has 160 valence electrons. The van der Waals surface area contributed by atoms with Gasteiger partial charge in [-0.1, -0.05) is 26.0 Å². The molecule has 0 bridgehead atoms. The predicted molar refractivity (Wildman–Crippen MR) is 113 cm³/mol. The van der Waals surface area contributed by atoms with Crippen LogP contribution in [0.5, 0.6) is 5.75 Å². The molecule has 30 heavy (non-hydrogen) atoms. The zero-order chi connectivity index (χ0) is 21.3. The smallest absolute Gasteiger partial charge is 0.253 e. The van der Waals surface area contributed by atoms with Gasteiger partial charge in [-0.15, -0.1) is 0 Å². The van der Waals surface area contributed by atoms with E-state index in [1.807, 2.05) is 13.8 Å². The van der Waals surface area contributed by atoms with Crippen LogP contribution in [0, 0.1) is 5.92 Å². The van der Waals surface area contributed by atoms with E-state index in [9.17, 15) is 13.2 Å². The minimum absolute atomic E-state index is 0.0625. The minimum Gasteiger partial charge on any atom is -0.487 e. The first-order valence-corrected chi connectivity index (χ1v) is 11.8. The maximum atomic E-state index is 13.5. The molecule has 0 aliphatic carbocycles. The first kappa shape index (κ1) is 20.8. The summed E-state index contributed by atoms with van der Waals surface area (Å²) in [6.07, 6.45) is 4.00. The molecule has 0 unspecified atom stereocenters. The predicted octanol–water partition coefficient (Wildman–Crippen LogP) is 2.79. The van der Waals surface area contributed by atoms with Crippen molar-refractivity contribution in [1.82, 2.24) is 14.2 Å². The molecule has 2 aliphatic heterocycles. The summed E-state index contributed by atoms with van der Waals surface area (Å²) in [5.41, 5.74) is 0.588. The fourth-order valence-electron chi connectivity index (χ4n) is 4.23. The summed E-state index contributed by atoms with van der Waals surface area (Å²) in [5.74, 6) is 0.503. The summed E-state index contributed by atoms with van der Waals surface area (Å²) < 4.78 is 34.9. The number of likely N-dealkylation sites (tertiary alicyclic amines) is 1. The van der Waals surface area contributed by atoms with Crippen molar-refractivity contribution in [3.8, 4) is 5.75 Å². The third kappa shape index (κ3) is 3.94. The molecular formula is C22H27N3O4S. The van der Waals surface area contributed by atoms with E-state index in [4.69, 9.17) is 4.74 Å². The fraction of sp³-hybridized carbons (Fsp3) is 0.455. The summed E-state index contributed by atoms with van der Waals surface area (Å²) in [5, 5.41) is 0. The quantitative estimate of drug-likeness (QED) is 0.750. The number of para-hydroxylation sites is 1. The Kier molecular flexibility index (Phi) is 5.79. The number of amides is 1. The lowest BCUT2D eigenvalue weighted by Crippen LogP contribution is -2.48. The SMILES string of the molecule is CC(C)CN1[C@@H]2CCN(C(=O)c3ccncc3)CC[C@H]2Oc2ccccc2S1(=O)=O. The summed E-state index contributed by atoms with van der Waals surface area (Å²) in [6.45, 7) is 5.43. The largest absolute Gasteiger partial charge is 0.487 e. The van der Waals surface area contributed by atoms with Crippen molar-refractivity contribution < 1.29 is 17.9 Å². The van der Waals surface area contributed by atoms with Gasteiger partial charge in [0.05, 0.1) is 6.04 Å². The van der Waals surface area contributed by atoms with Crippen molar-refractivity contribution in [1.29, 1.82) is 0 Å². The van der Waals surface area contributed by atoms with Crippen LogP contribution in [0.1, 0.15) is 37.0 Å². The Balaban J connectivity index is 1.67. The molecular weight excluding hydrogens is 402 g/mol. The van der Waals surface area contributed by atoms with Crippen LogP contribution in [0.3, 0.4) is 0 Å². The number of pyridine rings is 1. The zero-order valence-electron chi connectivity index (χ0n) is 17.3. The number of carbonyl (C=O) groups is 1. The number of sulfonamides is 1. The van der Waals surface area contributed by atoms with Gasteiger partial charge in [-0.05, 0) is 36.6 Å². The van der Waals surface area contributed by atoms with Crippen LogP contribution < -0.4 is 4.74 Å². The third-order valence-corrected chi connectivity index (χ3v) is 7.58. The second kappa shape index (κ2) is 8.35. The van der Waals surface area contributed by atoms with E-state index in [1.165, 1.54) is 0 Å². The van der Waals surface area contributed by atoms with Gasteiger partial charge in [-0.25, -0.2) is 8.42 Å². The van der Waals surface area contributed by atoms with Gasteiger partial charge in [-0.3, -0.25) is 9.78 Å². The monoisotopic (exact) mass is 429 g/mol. The van der Waals surface area contributed by atoms with Crippen LogP contribution in [0.2, 0.25) is 0 Å². The van der Waals surface area contributed by atoms with E-state index in [1.54, 1.807) is 58.0 Å². The van der Waals surface area contributed by atoms with Crippen molar-refractivity contribution >= 4 is 15.9 Å². The lowest BCUT2D eigenvalue weighted by molar-refractivity contribution is 0.0755. The Bertz CT molecular complexity index is 1010. The normalized spacial score (nSPS) is 23.6. The van der Waals surface area contributed by atoms with E-state index < -0.39 is 10.0 Å². The number of ether oxygens (including phenoxy) is 1. The molecule has 2 atom stereocenters. The van der Waals surface area contributed by atoms with Crippen LogP contribution in [-0.4, -0.2) is 60.3 Å². The number of rotatable bonds is 3. The Labute approximate surface area is 177 Å². The van der Waals surface area contributed by atoms with Crippen molar-refractivity contribution in [3.05, 3.63) is 54.4 Å². The average molecular weight is 430 g/mol. The highest BCUT2D eigenvalue weighted by molar-refractivity contribution is 7.89. The van der Waals surface area contributed by atoms with Gasteiger partial charge in [0.1, 0.15) is 16.7 Å². The van der Waals surface area contributed by atoms with Gasteiger partial charge in [0.15, 0.2) is 0 Å². The Morgan fingerprint density at radius 1 is 1.13 bits per heavy atom. The van der Waals surface area contributed by atoms with Gasteiger partial charge in [0, 0.05) is 44.0 Å². The van der Waals surface area contributed by atoms with Crippen LogP contribution in [0.4, 0.5) is 0 Å². The molecule has 7 nitrogen and oxygen atoms in total.